The average molecular weight is 268 g/mol. The fraction of sp³-hybridized carbons (Fsp3) is 0.750. The molecule has 1 aliphatic heterocycles. The Morgan fingerprint density at radius 3 is 2.82 bits per heavy atom. The van der Waals surface area contributed by atoms with Gasteiger partial charge in [-0.1, -0.05) is 34.7 Å². The molecule has 0 N–H and O–H groups in total. The van der Waals surface area contributed by atoms with Gasteiger partial charge in [-0.3, -0.25) is 0 Å². The first-order valence-electron chi connectivity index (χ1n) is 3.68. The molecule has 1 atom stereocenters. The summed E-state index contributed by atoms with van der Waals surface area (Å²) in [6.45, 7) is 4.55. The molecule has 0 aromatic carbocycles. The number of ether oxygens (including phenoxy) is 2. The molecule has 1 rings (SSSR count). The molecule has 0 amide bonds. The van der Waals surface area contributed by atoms with Crippen LogP contribution in [0.4, 0.5) is 0 Å². The van der Waals surface area contributed by atoms with Crippen molar-refractivity contribution in [3.8, 4) is 0 Å². The van der Waals surface area contributed by atoms with Gasteiger partial charge in [-0.2, -0.15) is 0 Å². The summed E-state index contributed by atoms with van der Waals surface area (Å²) < 4.78 is 11.9. The summed E-state index contributed by atoms with van der Waals surface area (Å²) in [6.07, 6.45) is 4.30. The molecule has 64 valence electrons. The molecule has 0 aromatic heterocycles. The van der Waals surface area contributed by atoms with E-state index in [4.69, 9.17) is 9.47 Å². The van der Waals surface area contributed by atoms with Crippen molar-refractivity contribution in [2.45, 2.75) is 25.7 Å². The average Bonchev–Trinajstić information content (AvgIpc) is 2.26. The number of hydrogen-bond donors (Lipinski definition) is 0. The zero-order valence-corrected chi connectivity index (χ0v) is 9.00. The van der Waals surface area contributed by atoms with Crippen molar-refractivity contribution >= 4 is 22.6 Å². The second-order valence-corrected chi connectivity index (χ2v) is 3.83. The van der Waals surface area contributed by atoms with Crippen LogP contribution in [0.5, 0.6) is 0 Å². The molecule has 0 bridgehead atoms. The van der Waals surface area contributed by atoms with Crippen LogP contribution < -0.4 is 0 Å². The molecule has 1 heterocycles. The van der Waals surface area contributed by atoms with E-state index in [9.17, 15) is 0 Å². The van der Waals surface area contributed by atoms with Crippen LogP contribution in [0, 0.1) is 0 Å². The Bertz CT molecular complexity index is 154. The van der Waals surface area contributed by atoms with E-state index in [2.05, 4.69) is 34.7 Å². The van der Waals surface area contributed by atoms with Crippen LogP contribution in [0.2, 0.25) is 0 Å². The molecule has 3 heteroatoms. The highest BCUT2D eigenvalue weighted by Crippen LogP contribution is 2.22. The van der Waals surface area contributed by atoms with Gasteiger partial charge in [0.1, 0.15) is 6.10 Å². The number of alkyl halides is 1. The van der Waals surface area contributed by atoms with Crippen molar-refractivity contribution in [2.75, 3.05) is 11.0 Å². The minimum Gasteiger partial charge on any atom is -0.347 e. The summed E-state index contributed by atoms with van der Waals surface area (Å²) in [5.41, 5.74) is 0. The third-order valence-electron chi connectivity index (χ3n) is 1.47. The topological polar surface area (TPSA) is 18.5 Å². The summed E-state index contributed by atoms with van der Waals surface area (Å²) in [4.78, 5) is 0. The maximum Gasteiger partial charge on any atom is 0.163 e. The zero-order chi connectivity index (χ0) is 8.32. The van der Waals surface area contributed by atoms with Crippen molar-refractivity contribution in [3.63, 3.8) is 0 Å². The van der Waals surface area contributed by atoms with E-state index in [0.717, 1.165) is 4.43 Å². The first-order valence-corrected chi connectivity index (χ1v) is 5.21. The Kier molecular flexibility index (Phi) is 3.33. The fourth-order valence-electron chi connectivity index (χ4n) is 1.01. The predicted molar refractivity (Wildman–Crippen MR) is 52.9 cm³/mol. The number of allylic oxidation sites excluding steroid dienone is 1. The molecule has 0 spiro atoms. The molecule has 1 aliphatic rings. The van der Waals surface area contributed by atoms with E-state index in [1.54, 1.807) is 0 Å². The minimum absolute atomic E-state index is 0.153. The third kappa shape index (κ3) is 3.09. The second kappa shape index (κ2) is 3.87. The maximum absolute atomic E-state index is 5.54. The van der Waals surface area contributed by atoms with Gasteiger partial charge in [0.05, 0.1) is 6.61 Å². The SMILES string of the molecule is CC1(C)OC[C@H](/C=C\CI)O1. The van der Waals surface area contributed by atoms with E-state index in [1.165, 1.54) is 0 Å². The van der Waals surface area contributed by atoms with Gasteiger partial charge in [0.15, 0.2) is 5.79 Å². The van der Waals surface area contributed by atoms with Crippen LogP contribution in [-0.2, 0) is 9.47 Å². The van der Waals surface area contributed by atoms with Crippen LogP contribution in [-0.4, -0.2) is 22.9 Å². The lowest BCUT2D eigenvalue weighted by Gasteiger charge is -2.15. The standard InChI is InChI=1S/C8H13IO2/c1-8(2)10-6-7(11-8)4-3-5-9/h3-4,7H,5-6H2,1-2H3/b4-3-/t7-/m0/s1. The molecule has 0 aliphatic carbocycles. The van der Waals surface area contributed by atoms with Gasteiger partial charge in [-0.25, -0.2) is 0 Å². The van der Waals surface area contributed by atoms with Crippen LogP contribution in [0.1, 0.15) is 13.8 Å². The van der Waals surface area contributed by atoms with Gasteiger partial charge in [0.2, 0.25) is 0 Å². The first-order chi connectivity index (χ1) is 5.14. The molecule has 0 saturated carbocycles. The monoisotopic (exact) mass is 268 g/mol. The van der Waals surface area contributed by atoms with Gasteiger partial charge in [-0.15, -0.1) is 0 Å². The lowest BCUT2D eigenvalue weighted by Crippen LogP contribution is -2.20. The Morgan fingerprint density at radius 2 is 2.36 bits per heavy atom. The molecule has 0 radical (unpaired) electrons. The molecule has 2 nitrogen and oxygen atoms in total. The van der Waals surface area contributed by atoms with Crippen LogP contribution in [0.3, 0.4) is 0 Å². The Morgan fingerprint density at radius 1 is 1.64 bits per heavy atom. The highest BCUT2D eigenvalue weighted by atomic mass is 127. The summed E-state index contributed by atoms with van der Waals surface area (Å²) in [6, 6.07) is 0. The molecular weight excluding hydrogens is 255 g/mol. The van der Waals surface area contributed by atoms with Crippen LogP contribution >= 0.6 is 22.6 Å². The highest BCUT2D eigenvalue weighted by molar-refractivity contribution is 14.1. The van der Waals surface area contributed by atoms with E-state index < -0.39 is 0 Å². The minimum atomic E-state index is -0.389. The number of halogens is 1. The normalized spacial score (nSPS) is 29.9. The lowest BCUT2D eigenvalue weighted by atomic mass is 10.3. The van der Waals surface area contributed by atoms with Gasteiger partial charge < -0.3 is 9.47 Å². The van der Waals surface area contributed by atoms with Gasteiger partial charge in [-0.05, 0) is 13.8 Å². The molecule has 1 saturated heterocycles. The summed E-state index contributed by atoms with van der Waals surface area (Å²) in [5.74, 6) is -0.389. The third-order valence-corrected chi connectivity index (χ3v) is 1.98. The summed E-state index contributed by atoms with van der Waals surface area (Å²) in [5, 5.41) is 0. The Balaban J connectivity index is 2.36. The molecule has 1 fully saturated rings. The van der Waals surface area contributed by atoms with Gasteiger partial charge >= 0.3 is 0 Å². The van der Waals surface area contributed by atoms with E-state index >= 15 is 0 Å². The maximum atomic E-state index is 5.54. The van der Waals surface area contributed by atoms with E-state index in [1.807, 2.05) is 13.8 Å². The van der Waals surface area contributed by atoms with Crippen LogP contribution in [0.25, 0.3) is 0 Å². The quantitative estimate of drug-likeness (QED) is 0.434. The molecule has 11 heavy (non-hydrogen) atoms. The number of rotatable bonds is 2. The van der Waals surface area contributed by atoms with Gasteiger partial charge in [0.25, 0.3) is 0 Å². The van der Waals surface area contributed by atoms with Gasteiger partial charge in [0, 0.05) is 4.43 Å². The van der Waals surface area contributed by atoms with Crippen molar-refractivity contribution in [3.05, 3.63) is 12.2 Å². The van der Waals surface area contributed by atoms with Crippen molar-refractivity contribution in [2.24, 2.45) is 0 Å². The first kappa shape index (κ1) is 9.48. The highest BCUT2D eigenvalue weighted by Gasteiger charge is 2.30. The van der Waals surface area contributed by atoms with E-state index in [0.29, 0.717) is 6.61 Å². The molecule has 0 unspecified atom stereocenters. The Hall–Kier alpha value is 0.390. The number of hydrogen-bond acceptors (Lipinski definition) is 2. The van der Waals surface area contributed by atoms with Crippen molar-refractivity contribution < 1.29 is 9.47 Å². The lowest BCUT2D eigenvalue weighted by molar-refractivity contribution is -0.133. The Labute approximate surface area is 81.1 Å². The van der Waals surface area contributed by atoms with Crippen molar-refractivity contribution in [1.82, 2.24) is 0 Å². The van der Waals surface area contributed by atoms with Crippen molar-refractivity contribution in [1.29, 1.82) is 0 Å². The predicted octanol–water partition coefficient (Wildman–Crippen LogP) is 2.13. The fourth-order valence-corrected chi connectivity index (χ4v) is 1.31. The zero-order valence-electron chi connectivity index (χ0n) is 6.84. The van der Waals surface area contributed by atoms with E-state index in [-0.39, 0.29) is 11.9 Å². The summed E-state index contributed by atoms with van der Waals surface area (Å²) >= 11 is 2.30. The largest absolute Gasteiger partial charge is 0.347 e. The second-order valence-electron chi connectivity index (χ2n) is 2.95. The smallest absolute Gasteiger partial charge is 0.163 e. The summed E-state index contributed by atoms with van der Waals surface area (Å²) in [7, 11) is 0. The molecular formula is C8H13IO2. The molecule has 0 aromatic rings. The van der Waals surface area contributed by atoms with Crippen LogP contribution in [0.15, 0.2) is 12.2 Å².